The van der Waals surface area contributed by atoms with Crippen LogP contribution < -0.4 is 14.8 Å². The monoisotopic (exact) mass is 574 g/mol. The Balaban J connectivity index is 2.34. The molecule has 0 saturated carbocycles. The van der Waals surface area contributed by atoms with Gasteiger partial charge in [-0.25, -0.2) is 4.79 Å². The number of nitrogens with one attached hydrogen (secondary N) is 1. The summed E-state index contributed by atoms with van der Waals surface area (Å²) in [4.78, 5) is 24.0. The van der Waals surface area contributed by atoms with Crippen LogP contribution in [-0.2, 0) is 14.3 Å². The molecule has 2 aromatic carbocycles. The Morgan fingerprint density at radius 1 is 1.26 bits per heavy atom. The van der Waals surface area contributed by atoms with Gasteiger partial charge in [0.15, 0.2) is 18.1 Å². The number of anilines is 1. The summed E-state index contributed by atoms with van der Waals surface area (Å²) in [5.41, 5.74) is 0.663. The Hall–Kier alpha value is -2.48. The van der Waals surface area contributed by atoms with Gasteiger partial charge in [0.05, 0.1) is 33.0 Å². The number of methoxy groups -OCH3 is 1. The first kappa shape index (κ1) is 24.8. The van der Waals surface area contributed by atoms with Crippen molar-refractivity contribution in [2.24, 2.45) is 0 Å². The van der Waals surface area contributed by atoms with Gasteiger partial charge in [-0.3, -0.25) is 4.79 Å². The number of rotatable bonds is 8. The number of halogens is 3. The Labute approximate surface area is 203 Å². The maximum Gasteiger partial charge on any atom is 0.343 e. The fourth-order valence-corrected chi connectivity index (χ4v) is 3.50. The predicted octanol–water partition coefficient (Wildman–Crippen LogP) is 5.09. The van der Waals surface area contributed by atoms with Crippen molar-refractivity contribution in [2.75, 3.05) is 25.6 Å². The number of nitriles is 1. The van der Waals surface area contributed by atoms with Gasteiger partial charge < -0.3 is 19.5 Å². The summed E-state index contributed by atoms with van der Waals surface area (Å²) < 4.78 is 16.3. The normalized spacial score (nSPS) is 10.8. The molecular weight excluding hydrogens is 558 g/mol. The lowest BCUT2D eigenvalue weighted by Crippen LogP contribution is -2.14. The predicted molar refractivity (Wildman–Crippen MR) is 127 cm³/mol. The van der Waals surface area contributed by atoms with Crippen LogP contribution in [0.25, 0.3) is 6.08 Å². The second-order valence-corrected chi connectivity index (χ2v) is 7.80. The van der Waals surface area contributed by atoms with Gasteiger partial charge in [0.25, 0.3) is 5.91 Å². The zero-order valence-electron chi connectivity index (χ0n) is 16.5. The molecular formula is C21H17Cl2IN2O5. The van der Waals surface area contributed by atoms with Crippen molar-refractivity contribution in [3.63, 3.8) is 0 Å². The molecule has 7 nitrogen and oxygen atoms in total. The Bertz CT molecular complexity index is 1070. The van der Waals surface area contributed by atoms with Crippen molar-refractivity contribution in [1.29, 1.82) is 5.26 Å². The Kier molecular flexibility index (Phi) is 9.43. The van der Waals surface area contributed by atoms with Crippen LogP contribution in [0.1, 0.15) is 12.5 Å². The van der Waals surface area contributed by atoms with Crippen LogP contribution in [0, 0.1) is 14.9 Å². The van der Waals surface area contributed by atoms with Gasteiger partial charge in [-0.15, -0.1) is 0 Å². The number of ether oxygens (including phenoxy) is 3. The van der Waals surface area contributed by atoms with E-state index >= 15 is 0 Å². The summed E-state index contributed by atoms with van der Waals surface area (Å²) in [7, 11) is 1.26. The van der Waals surface area contributed by atoms with Crippen molar-refractivity contribution in [3.8, 4) is 17.6 Å². The minimum Gasteiger partial charge on any atom is -0.490 e. The lowest BCUT2D eigenvalue weighted by atomic mass is 10.1. The van der Waals surface area contributed by atoms with E-state index in [9.17, 15) is 14.9 Å². The first-order chi connectivity index (χ1) is 14.8. The first-order valence-electron chi connectivity index (χ1n) is 8.83. The first-order valence-corrected chi connectivity index (χ1v) is 10.7. The molecule has 2 aromatic rings. The van der Waals surface area contributed by atoms with E-state index in [-0.39, 0.29) is 27.9 Å². The highest BCUT2D eigenvalue weighted by Gasteiger charge is 2.16. The molecule has 0 bridgehead atoms. The molecule has 0 unspecified atom stereocenters. The lowest BCUT2D eigenvalue weighted by molar-refractivity contribution is -0.142. The lowest BCUT2D eigenvalue weighted by Gasteiger charge is -2.14. The van der Waals surface area contributed by atoms with Gasteiger partial charge in [-0.05, 0) is 65.4 Å². The van der Waals surface area contributed by atoms with E-state index in [0.29, 0.717) is 27.2 Å². The molecule has 0 spiro atoms. The van der Waals surface area contributed by atoms with E-state index in [1.165, 1.54) is 13.2 Å². The molecule has 2 rings (SSSR count). The van der Waals surface area contributed by atoms with Crippen molar-refractivity contribution in [3.05, 3.63) is 55.1 Å². The fourth-order valence-electron chi connectivity index (χ4n) is 2.37. The molecule has 1 N–H and O–H groups in total. The van der Waals surface area contributed by atoms with Gasteiger partial charge in [-0.1, -0.05) is 29.3 Å². The zero-order chi connectivity index (χ0) is 23.0. The quantitative estimate of drug-likeness (QED) is 0.204. The molecule has 0 heterocycles. The average molecular weight is 575 g/mol. The fraction of sp³-hybridized carbons (Fsp3) is 0.190. The van der Waals surface area contributed by atoms with Crippen LogP contribution in [0.5, 0.6) is 11.5 Å². The molecule has 0 aliphatic carbocycles. The molecule has 162 valence electrons. The number of amides is 1. The minimum atomic E-state index is -0.648. The van der Waals surface area contributed by atoms with Crippen LogP contribution in [0.2, 0.25) is 10.0 Å². The van der Waals surface area contributed by atoms with Crippen LogP contribution in [0.4, 0.5) is 5.69 Å². The van der Waals surface area contributed by atoms with Gasteiger partial charge in [0.2, 0.25) is 0 Å². The number of carbonyl (C=O) groups is 2. The smallest absolute Gasteiger partial charge is 0.343 e. The molecule has 0 saturated heterocycles. The summed E-state index contributed by atoms with van der Waals surface area (Å²) in [5.74, 6) is -0.463. The second-order valence-electron chi connectivity index (χ2n) is 5.85. The van der Waals surface area contributed by atoms with E-state index in [0.717, 1.165) is 0 Å². The summed E-state index contributed by atoms with van der Waals surface area (Å²) in [6, 6.07) is 9.96. The molecule has 10 heteroatoms. The molecule has 0 fully saturated rings. The van der Waals surface area contributed by atoms with Gasteiger partial charge in [0.1, 0.15) is 11.6 Å². The van der Waals surface area contributed by atoms with Crippen molar-refractivity contribution in [2.45, 2.75) is 6.92 Å². The summed E-state index contributed by atoms with van der Waals surface area (Å²) in [5, 5.41) is 12.5. The number of esters is 1. The highest BCUT2D eigenvalue weighted by atomic mass is 127. The molecule has 0 aromatic heterocycles. The van der Waals surface area contributed by atoms with Gasteiger partial charge in [0, 0.05) is 0 Å². The number of benzene rings is 2. The third-order valence-electron chi connectivity index (χ3n) is 3.77. The van der Waals surface area contributed by atoms with E-state index in [1.807, 2.05) is 28.7 Å². The maximum atomic E-state index is 12.6. The van der Waals surface area contributed by atoms with Crippen LogP contribution in [0.15, 0.2) is 35.9 Å². The second kappa shape index (κ2) is 11.8. The molecule has 0 radical (unpaired) electrons. The van der Waals surface area contributed by atoms with Crippen molar-refractivity contribution < 1.29 is 23.8 Å². The number of nitrogens with zero attached hydrogens (tertiary/aromatic N) is 1. The molecule has 0 atom stereocenters. The van der Waals surface area contributed by atoms with Crippen LogP contribution in [-0.4, -0.2) is 32.2 Å². The van der Waals surface area contributed by atoms with Crippen molar-refractivity contribution >= 4 is 69.4 Å². The van der Waals surface area contributed by atoms with E-state index < -0.39 is 11.9 Å². The van der Waals surface area contributed by atoms with Gasteiger partial charge >= 0.3 is 5.97 Å². The van der Waals surface area contributed by atoms with Gasteiger partial charge in [-0.2, -0.15) is 5.26 Å². The van der Waals surface area contributed by atoms with E-state index in [2.05, 4.69) is 10.1 Å². The summed E-state index contributed by atoms with van der Waals surface area (Å²) in [6.07, 6.45) is 1.41. The highest BCUT2D eigenvalue weighted by Crippen LogP contribution is 2.35. The molecule has 0 aliphatic rings. The van der Waals surface area contributed by atoms with E-state index in [4.69, 9.17) is 32.7 Å². The number of hydrogen-bond acceptors (Lipinski definition) is 6. The summed E-state index contributed by atoms with van der Waals surface area (Å²) in [6.45, 7) is 1.85. The third-order valence-corrected chi connectivity index (χ3v) is 5.39. The Morgan fingerprint density at radius 3 is 2.65 bits per heavy atom. The minimum absolute atomic E-state index is 0.155. The molecule has 0 aliphatic heterocycles. The Morgan fingerprint density at radius 2 is 2.00 bits per heavy atom. The van der Waals surface area contributed by atoms with Crippen LogP contribution >= 0.6 is 45.8 Å². The standard InChI is InChI=1S/C21H17Cl2IN2O5/c1-3-30-17-9-12(8-15(24)20(17)31-11-18(27)29-2)7-13(10-25)21(28)26-16-6-4-5-14(22)19(16)23/h4-9H,3,11H2,1-2H3,(H,26,28)/b13-7-. The van der Waals surface area contributed by atoms with E-state index in [1.54, 1.807) is 37.3 Å². The summed E-state index contributed by atoms with van der Waals surface area (Å²) >= 11 is 14.1. The van der Waals surface area contributed by atoms with Crippen molar-refractivity contribution in [1.82, 2.24) is 0 Å². The largest absolute Gasteiger partial charge is 0.490 e. The zero-order valence-corrected chi connectivity index (χ0v) is 20.2. The molecule has 1 amide bonds. The maximum absolute atomic E-state index is 12.6. The van der Waals surface area contributed by atoms with Crippen LogP contribution in [0.3, 0.4) is 0 Å². The number of hydrogen-bond donors (Lipinski definition) is 1. The third kappa shape index (κ3) is 6.75. The average Bonchev–Trinajstić information content (AvgIpc) is 2.74. The topological polar surface area (TPSA) is 97.6 Å². The SMILES string of the molecule is CCOc1cc(/C=C(/C#N)C(=O)Nc2cccc(Cl)c2Cl)cc(I)c1OCC(=O)OC. The number of carbonyl (C=O) groups excluding carboxylic acids is 2. The molecule has 31 heavy (non-hydrogen) atoms. The highest BCUT2D eigenvalue weighted by molar-refractivity contribution is 14.1.